The Hall–Kier alpha value is -4.14. The summed E-state index contributed by atoms with van der Waals surface area (Å²) in [6, 6.07) is 12.2. The van der Waals surface area contributed by atoms with Gasteiger partial charge in [-0.05, 0) is 29.8 Å². The van der Waals surface area contributed by atoms with Crippen LogP contribution >= 0.6 is 0 Å². The molecule has 4 rings (SSSR count). The van der Waals surface area contributed by atoms with Gasteiger partial charge >= 0.3 is 0 Å². The van der Waals surface area contributed by atoms with E-state index in [1.807, 2.05) is 7.05 Å². The minimum Gasteiger partial charge on any atom is -0.497 e. The monoisotopic (exact) mass is 436 g/mol. The molecule has 0 radical (unpaired) electrons. The number of imidazole rings is 1. The van der Waals surface area contributed by atoms with Crippen molar-refractivity contribution in [1.82, 2.24) is 20.0 Å². The second-order valence-corrected chi connectivity index (χ2v) is 7.01. The van der Waals surface area contributed by atoms with Gasteiger partial charge in [-0.3, -0.25) is 4.79 Å². The quantitative estimate of drug-likeness (QED) is 0.475. The molecule has 2 aromatic carbocycles. The van der Waals surface area contributed by atoms with Gasteiger partial charge in [-0.2, -0.15) is 0 Å². The molecule has 0 aliphatic heterocycles. The van der Waals surface area contributed by atoms with Crippen LogP contribution in [0.3, 0.4) is 0 Å². The topological polar surface area (TPSA) is 91.4 Å². The number of hydrogen-bond acceptors (Lipinski definition) is 6. The van der Waals surface area contributed by atoms with Crippen LogP contribution in [0.4, 0.5) is 4.39 Å². The molecule has 4 aromatic rings. The number of nitrogens with zero attached hydrogens (tertiary/aromatic N) is 3. The fraction of sp³-hybridized carbons (Fsp3) is 0.174. The Labute approximate surface area is 183 Å². The number of carbonyl (C=O) groups excluding carboxylic acids is 1. The average Bonchev–Trinajstić information content (AvgIpc) is 3.46. The Kier molecular flexibility index (Phi) is 5.89. The number of hydrogen-bond donors (Lipinski definition) is 1. The first-order valence-electron chi connectivity index (χ1n) is 9.73. The fourth-order valence-corrected chi connectivity index (χ4v) is 3.32. The summed E-state index contributed by atoms with van der Waals surface area (Å²) in [5.74, 6) is 0.902. The van der Waals surface area contributed by atoms with Gasteiger partial charge in [0.05, 0.1) is 19.8 Å². The summed E-state index contributed by atoms with van der Waals surface area (Å²) < 4.78 is 31.8. The third kappa shape index (κ3) is 4.18. The first-order valence-corrected chi connectivity index (χ1v) is 9.73. The van der Waals surface area contributed by atoms with Crippen molar-refractivity contribution in [3.63, 3.8) is 0 Å². The van der Waals surface area contributed by atoms with Gasteiger partial charge in [0.2, 0.25) is 0 Å². The molecular formula is C23H21FN4O4. The largest absolute Gasteiger partial charge is 0.497 e. The molecule has 0 bridgehead atoms. The second-order valence-electron chi connectivity index (χ2n) is 7.01. The highest BCUT2D eigenvalue weighted by atomic mass is 19.1. The molecule has 0 spiro atoms. The van der Waals surface area contributed by atoms with Crippen LogP contribution in [-0.4, -0.2) is 34.8 Å². The lowest BCUT2D eigenvalue weighted by atomic mass is 10.0. The number of nitrogens with one attached hydrogen (secondary N) is 1. The molecule has 8 nitrogen and oxygen atoms in total. The third-order valence-electron chi connectivity index (χ3n) is 4.98. The first-order chi connectivity index (χ1) is 15.5. The van der Waals surface area contributed by atoms with Crippen LogP contribution in [0.2, 0.25) is 0 Å². The van der Waals surface area contributed by atoms with Crippen molar-refractivity contribution in [3.8, 4) is 22.8 Å². The second kappa shape index (κ2) is 8.93. The van der Waals surface area contributed by atoms with Crippen LogP contribution in [0, 0.1) is 5.82 Å². The van der Waals surface area contributed by atoms with Gasteiger partial charge in [0.15, 0.2) is 11.5 Å². The molecule has 1 N–H and O–H groups in total. The van der Waals surface area contributed by atoms with Crippen molar-refractivity contribution in [2.75, 3.05) is 14.2 Å². The maximum atomic E-state index is 14.1. The number of benzene rings is 2. The Morgan fingerprint density at radius 1 is 1.12 bits per heavy atom. The Balaban J connectivity index is 1.68. The van der Waals surface area contributed by atoms with Gasteiger partial charge in [-0.15, -0.1) is 0 Å². The highest BCUT2D eigenvalue weighted by Crippen LogP contribution is 2.30. The minimum atomic E-state index is -0.639. The van der Waals surface area contributed by atoms with Crippen molar-refractivity contribution in [1.29, 1.82) is 0 Å². The van der Waals surface area contributed by atoms with E-state index in [0.717, 1.165) is 0 Å². The van der Waals surface area contributed by atoms with E-state index in [1.54, 1.807) is 67.6 Å². The van der Waals surface area contributed by atoms with Gasteiger partial charge < -0.3 is 23.9 Å². The SMILES string of the molecule is COc1cc(OC)cc(C(NC(=O)c2cc(-c3ccccc3F)on2)c2nccn2C)c1. The van der Waals surface area contributed by atoms with Crippen LogP contribution < -0.4 is 14.8 Å². The molecular weight excluding hydrogens is 415 g/mol. The third-order valence-corrected chi connectivity index (χ3v) is 4.98. The molecule has 2 aromatic heterocycles. The molecule has 2 heterocycles. The van der Waals surface area contributed by atoms with Crippen molar-refractivity contribution < 1.29 is 23.2 Å². The predicted molar refractivity (Wildman–Crippen MR) is 114 cm³/mol. The number of ether oxygens (including phenoxy) is 2. The molecule has 1 unspecified atom stereocenters. The number of aromatic nitrogens is 3. The molecule has 9 heteroatoms. The molecule has 1 atom stereocenters. The molecule has 0 aliphatic rings. The van der Waals surface area contributed by atoms with Crippen LogP contribution in [0.5, 0.6) is 11.5 Å². The predicted octanol–water partition coefficient (Wildman–Crippen LogP) is 3.75. The average molecular weight is 436 g/mol. The van der Waals surface area contributed by atoms with E-state index in [-0.39, 0.29) is 17.0 Å². The summed E-state index contributed by atoms with van der Waals surface area (Å²) in [6.07, 6.45) is 3.41. The van der Waals surface area contributed by atoms with Crippen molar-refractivity contribution in [2.24, 2.45) is 7.05 Å². The van der Waals surface area contributed by atoms with Gasteiger partial charge in [0, 0.05) is 31.6 Å². The smallest absolute Gasteiger partial charge is 0.274 e. The Bertz CT molecular complexity index is 1230. The van der Waals surface area contributed by atoms with Gasteiger partial charge in [0.25, 0.3) is 5.91 Å². The summed E-state index contributed by atoms with van der Waals surface area (Å²) in [5, 5.41) is 6.75. The summed E-state index contributed by atoms with van der Waals surface area (Å²) >= 11 is 0. The number of carbonyl (C=O) groups is 1. The molecule has 32 heavy (non-hydrogen) atoms. The Morgan fingerprint density at radius 2 is 1.84 bits per heavy atom. The summed E-state index contributed by atoms with van der Waals surface area (Å²) in [5.41, 5.74) is 0.927. The van der Waals surface area contributed by atoms with E-state index in [9.17, 15) is 9.18 Å². The van der Waals surface area contributed by atoms with E-state index in [4.69, 9.17) is 14.0 Å². The molecule has 0 saturated carbocycles. The molecule has 0 saturated heterocycles. The summed E-state index contributed by atoms with van der Waals surface area (Å²) in [4.78, 5) is 17.4. The normalized spacial score (nSPS) is 11.8. The van der Waals surface area contributed by atoms with Crippen molar-refractivity contribution >= 4 is 5.91 Å². The van der Waals surface area contributed by atoms with Gasteiger partial charge in [0.1, 0.15) is 29.2 Å². The number of amides is 1. The standard InChI is InChI=1S/C23H21FN4O4/c1-28-9-8-25-22(28)21(14-10-15(30-2)12-16(11-14)31-3)26-23(29)19-13-20(32-27-19)17-6-4-5-7-18(17)24/h4-13,21H,1-3H3,(H,26,29). The first kappa shape index (κ1) is 21.1. The number of aryl methyl sites for hydroxylation is 1. The van der Waals surface area contributed by atoms with Crippen LogP contribution in [0.25, 0.3) is 11.3 Å². The van der Waals surface area contributed by atoms with Gasteiger partial charge in [-0.25, -0.2) is 9.37 Å². The van der Waals surface area contributed by atoms with Gasteiger partial charge in [-0.1, -0.05) is 17.3 Å². The summed E-state index contributed by atoms with van der Waals surface area (Å²) in [7, 11) is 4.92. The van der Waals surface area contributed by atoms with E-state index in [2.05, 4.69) is 15.5 Å². The molecule has 0 fully saturated rings. The Morgan fingerprint density at radius 3 is 2.47 bits per heavy atom. The number of methoxy groups -OCH3 is 2. The van der Waals surface area contributed by atoms with Crippen molar-refractivity contribution in [2.45, 2.75) is 6.04 Å². The van der Waals surface area contributed by atoms with E-state index in [0.29, 0.717) is 22.9 Å². The lowest BCUT2D eigenvalue weighted by Crippen LogP contribution is -2.31. The molecule has 1 amide bonds. The van der Waals surface area contributed by atoms with Crippen molar-refractivity contribution in [3.05, 3.63) is 83.8 Å². The zero-order valence-electron chi connectivity index (χ0n) is 17.7. The van der Waals surface area contributed by atoms with Crippen LogP contribution in [0.1, 0.15) is 27.9 Å². The maximum Gasteiger partial charge on any atom is 0.274 e. The lowest BCUT2D eigenvalue weighted by Gasteiger charge is -2.20. The number of halogens is 1. The van der Waals surface area contributed by atoms with E-state index in [1.165, 1.54) is 12.1 Å². The lowest BCUT2D eigenvalue weighted by molar-refractivity contribution is 0.0932. The zero-order valence-corrected chi connectivity index (χ0v) is 17.7. The maximum absolute atomic E-state index is 14.1. The molecule has 0 aliphatic carbocycles. The molecule has 164 valence electrons. The van der Waals surface area contributed by atoms with Crippen LogP contribution in [-0.2, 0) is 7.05 Å². The number of rotatable bonds is 7. The van der Waals surface area contributed by atoms with E-state index < -0.39 is 17.8 Å². The highest BCUT2D eigenvalue weighted by Gasteiger charge is 2.25. The summed E-state index contributed by atoms with van der Waals surface area (Å²) in [6.45, 7) is 0. The zero-order chi connectivity index (χ0) is 22.7. The van der Waals surface area contributed by atoms with E-state index >= 15 is 0 Å². The van der Waals surface area contributed by atoms with Crippen LogP contribution in [0.15, 0.2) is 65.4 Å². The fourth-order valence-electron chi connectivity index (χ4n) is 3.32. The minimum absolute atomic E-state index is 0.0114. The highest BCUT2D eigenvalue weighted by molar-refractivity contribution is 5.93.